The van der Waals surface area contributed by atoms with Crippen molar-refractivity contribution in [3.8, 4) is 0 Å². The van der Waals surface area contributed by atoms with Crippen molar-refractivity contribution < 1.29 is 14.3 Å². The van der Waals surface area contributed by atoms with Crippen LogP contribution in [0.5, 0.6) is 0 Å². The second-order valence-electron chi connectivity index (χ2n) is 5.59. The Morgan fingerprint density at radius 1 is 1.44 bits per heavy atom. The van der Waals surface area contributed by atoms with E-state index in [0.29, 0.717) is 19.1 Å². The van der Waals surface area contributed by atoms with E-state index in [-0.39, 0.29) is 12.1 Å². The van der Waals surface area contributed by atoms with Gasteiger partial charge in [0.2, 0.25) is 0 Å². The van der Waals surface area contributed by atoms with Crippen LogP contribution in [0.2, 0.25) is 0 Å². The summed E-state index contributed by atoms with van der Waals surface area (Å²) >= 11 is 5.58. The lowest BCUT2D eigenvalue weighted by Gasteiger charge is -2.28. The fourth-order valence-corrected chi connectivity index (χ4v) is 2.05. The Bertz CT molecular complexity index is 265. The first kappa shape index (κ1) is 15.6. The van der Waals surface area contributed by atoms with Gasteiger partial charge in [-0.1, -0.05) is 0 Å². The van der Waals surface area contributed by atoms with E-state index >= 15 is 0 Å². The third kappa shape index (κ3) is 5.44. The van der Waals surface area contributed by atoms with E-state index in [2.05, 4.69) is 0 Å². The first-order valence-corrected chi connectivity index (χ1v) is 7.11. The van der Waals surface area contributed by atoms with Crippen LogP contribution in [0, 0.1) is 0 Å². The molecule has 1 fully saturated rings. The minimum absolute atomic E-state index is 0.148. The molecule has 1 saturated heterocycles. The summed E-state index contributed by atoms with van der Waals surface area (Å²) in [6.45, 7) is 7.64. The van der Waals surface area contributed by atoms with E-state index in [4.69, 9.17) is 21.1 Å². The van der Waals surface area contributed by atoms with Crippen molar-refractivity contribution in [1.82, 2.24) is 4.90 Å². The molecule has 0 saturated carbocycles. The lowest BCUT2D eigenvalue weighted by atomic mass is 10.2. The molecule has 0 aromatic carbocycles. The third-order valence-electron chi connectivity index (χ3n) is 2.74. The van der Waals surface area contributed by atoms with Crippen molar-refractivity contribution in [3.63, 3.8) is 0 Å². The number of halogens is 1. The smallest absolute Gasteiger partial charge is 0.410 e. The summed E-state index contributed by atoms with van der Waals surface area (Å²) < 4.78 is 10.9. The molecule has 1 aliphatic rings. The third-order valence-corrected chi connectivity index (χ3v) is 3.00. The van der Waals surface area contributed by atoms with Crippen LogP contribution in [0.4, 0.5) is 4.79 Å². The Hall–Kier alpha value is -0.480. The maximum atomic E-state index is 12.0. The molecule has 106 valence electrons. The number of hydrogen-bond donors (Lipinski definition) is 0. The summed E-state index contributed by atoms with van der Waals surface area (Å²) in [5.41, 5.74) is -0.441. The van der Waals surface area contributed by atoms with Crippen molar-refractivity contribution in [3.05, 3.63) is 0 Å². The standard InChI is InChI=1S/C13H24ClNO3/c1-13(2,3)18-12(16)15-8-4-6-11(15)10-17-9-5-7-14/h11H,4-10H2,1-3H3/t11-/m1/s1. The summed E-state index contributed by atoms with van der Waals surface area (Å²) in [4.78, 5) is 13.8. The van der Waals surface area contributed by atoms with Crippen molar-refractivity contribution in [2.45, 2.75) is 51.7 Å². The first-order chi connectivity index (χ1) is 8.44. The average Bonchev–Trinajstić information content (AvgIpc) is 2.70. The fraction of sp³-hybridized carbons (Fsp3) is 0.923. The molecule has 0 radical (unpaired) electrons. The molecule has 1 heterocycles. The molecule has 0 spiro atoms. The monoisotopic (exact) mass is 277 g/mol. The average molecular weight is 278 g/mol. The first-order valence-electron chi connectivity index (χ1n) is 6.57. The normalized spacial score (nSPS) is 20.2. The van der Waals surface area contributed by atoms with Crippen molar-refractivity contribution in [2.24, 2.45) is 0 Å². The second kappa shape index (κ2) is 7.19. The number of likely N-dealkylation sites (tertiary alicyclic amines) is 1. The number of alkyl halides is 1. The summed E-state index contributed by atoms with van der Waals surface area (Å²) in [6, 6.07) is 0.148. The molecule has 1 aliphatic heterocycles. The topological polar surface area (TPSA) is 38.8 Å². The minimum Gasteiger partial charge on any atom is -0.444 e. The molecule has 1 amide bonds. The highest BCUT2D eigenvalue weighted by Crippen LogP contribution is 2.21. The van der Waals surface area contributed by atoms with Gasteiger partial charge in [-0.05, 0) is 40.0 Å². The maximum Gasteiger partial charge on any atom is 0.410 e. The molecular weight excluding hydrogens is 254 g/mol. The van der Waals surface area contributed by atoms with Crippen LogP contribution < -0.4 is 0 Å². The Kier molecular flexibility index (Phi) is 6.22. The van der Waals surface area contributed by atoms with Crippen LogP contribution in [0.3, 0.4) is 0 Å². The van der Waals surface area contributed by atoms with Gasteiger partial charge in [0, 0.05) is 19.0 Å². The van der Waals surface area contributed by atoms with E-state index in [9.17, 15) is 4.79 Å². The number of amides is 1. The SMILES string of the molecule is CC(C)(C)OC(=O)N1CCC[C@@H]1COCCCCl. The van der Waals surface area contributed by atoms with Crippen molar-refractivity contribution in [1.29, 1.82) is 0 Å². The van der Waals surface area contributed by atoms with E-state index in [0.717, 1.165) is 25.8 Å². The van der Waals surface area contributed by atoms with Crippen LogP contribution in [-0.4, -0.2) is 48.3 Å². The van der Waals surface area contributed by atoms with Gasteiger partial charge in [0.15, 0.2) is 0 Å². The molecule has 5 heteroatoms. The van der Waals surface area contributed by atoms with Gasteiger partial charge >= 0.3 is 6.09 Å². The van der Waals surface area contributed by atoms with E-state index in [1.165, 1.54) is 0 Å². The van der Waals surface area contributed by atoms with Gasteiger partial charge in [0.25, 0.3) is 0 Å². The van der Waals surface area contributed by atoms with Gasteiger partial charge in [-0.2, -0.15) is 0 Å². The summed E-state index contributed by atoms with van der Waals surface area (Å²) in [5, 5.41) is 0. The van der Waals surface area contributed by atoms with E-state index in [1.54, 1.807) is 4.90 Å². The predicted molar refractivity (Wildman–Crippen MR) is 72.1 cm³/mol. The number of rotatable bonds is 5. The van der Waals surface area contributed by atoms with Gasteiger partial charge in [-0.25, -0.2) is 4.79 Å². The van der Waals surface area contributed by atoms with Gasteiger partial charge in [-0.3, -0.25) is 0 Å². The highest BCUT2D eigenvalue weighted by Gasteiger charge is 2.32. The molecular formula is C13H24ClNO3. The molecule has 0 bridgehead atoms. The van der Waals surface area contributed by atoms with Gasteiger partial charge in [0.05, 0.1) is 12.6 Å². The Balaban J connectivity index is 2.36. The second-order valence-corrected chi connectivity index (χ2v) is 5.97. The van der Waals surface area contributed by atoms with Crippen LogP contribution in [0.25, 0.3) is 0 Å². The fourth-order valence-electron chi connectivity index (χ4n) is 1.95. The lowest BCUT2D eigenvalue weighted by molar-refractivity contribution is 0.0107. The molecule has 1 atom stereocenters. The van der Waals surface area contributed by atoms with Gasteiger partial charge in [0.1, 0.15) is 5.60 Å². The molecule has 18 heavy (non-hydrogen) atoms. The number of carbonyl (C=O) groups excluding carboxylic acids is 1. The van der Waals surface area contributed by atoms with E-state index in [1.807, 2.05) is 20.8 Å². The number of nitrogens with zero attached hydrogens (tertiary/aromatic N) is 1. The van der Waals surface area contributed by atoms with Crippen LogP contribution in [0.1, 0.15) is 40.0 Å². The quantitative estimate of drug-likeness (QED) is 0.573. The summed E-state index contributed by atoms with van der Waals surface area (Å²) in [6.07, 6.45) is 2.62. The Morgan fingerprint density at radius 2 is 2.17 bits per heavy atom. The van der Waals surface area contributed by atoms with Crippen LogP contribution >= 0.6 is 11.6 Å². The molecule has 0 aromatic heterocycles. The zero-order chi connectivity index (χ0) is 13.6. The molecule has 0 unspecified atom stereocenters. The maximum absolute atomic E-state index is 12.0. The lowest BCUT2D eigenvalue weighted by Crippen LogP contribution is -2.41. The Morgan fingerprint density at radius 3 is 2.78 bits per heavy atom. The van der Waals surface area contributed by atoms with Gasteiger partial charge in [-0.15, -0.1) is 11.6 Å². The largest absolute Gasteiger partial charge is 0.444 e. The minimum atomic E-state index is -0.441. The zero-order valence-electron chi connectivity index (χ0n) is 11.6. The van der Waals surface area contributed by atoms with Gasteiger partial charge < -0.3 is 14.4 Å². The molecule has 0 aliphatic carbocycles. The highest BCUT2D eigenvalue weighted by atomic mass is 35.5. The van der Waals surface area contributed by atoms with E-state index < -0.39 is 5.60 Å². The van der Waals surface area contributed by atoms with Crippen molar-refractivity contribution >= 4 is 17.7 Å². The predicted octanol–water partition coefficient (Wildman–Crippen LogP) is 3.03. The molecule has 0 aromatic rings. The van der Waals surface area contributed by atoms with Crippen LogP contribution in [0.15, 0.2) is 0 Å². The molecule has 0 N–H and O–H groups in total. The van der Waals surface area contributed by atoms with Crippen molar-refractivity contribution in [2.75, 3.05) is 25.6 Å². The molecule has 1 rings (SSSR count). The Labute approximate surface area is 115 Å². The summed E-state index contributed by atoms with van der Waals surface area (Å²) in [5.74, 6) is 0.612. The van der Waals surface area contributed by atoms with Crippen LogP contribution in [-0.2, 0) is 9.47 Å². The highest BCUT2D eigenvalue weighted by molar-refractivity contribution is 6.17. The molecule has 4 nitrogen and oxygen atoms in total. The number of ether oxygens (including phenoxy) is 2. The number of carbonyl (C=O) groups is 1. The zero-order valence-corrected chi connectivity index (χ0v) is 12.3. The number of hydrogen-bond acceptors (Lipinski definition) is 3. The summed E-state index contributed by atoms with van der Waals surface area (Å²) in [7, 11) is 0.